The van der Waals surface area contributed by atoms with E-state index in [1.54, 1.807) is 0 Å². The first-order valence-corrected chi connectivity index (χ1v) is 22.2. The molecule has 0 atom stereocenters. The third kappa shape index (κ3) is 6.28. The molecule has 13 rings (SSSR count). The van der Waals surface area contributed by atoms with E-state index in [1.165, 1.54) is 54.2 Å². The van der Waals surface area contributed by atoms with Gasteiger partial charge in [-0.1, -0.05) is 176 Å². The molecule has 0 aliphatic rings. The average Bonchev–Trinajstić information content (AvgIpc) is 3.38. The first kappa shape index (κ1) is 36.9. The lowest BCUT2D eigenvalue weighted by Gasteiger charge is -2.26. The lowest BCUT2D eigenvalue weighted by Crippen LogP contribution is -2.10. The standard InChI is InChI=1S/C62H39N3/c1-2-10-43-35-44(20-19-40(43)9-1)45-27-33-55-46(36-45)21-22-47-37-52(32-34-56(47)55)65(50-28-23-41(24-29-50)57-15-7-17-59-53-13-5-3-11-48(53)38-63-61(57)59)51-30-25-42(26-31-51)58-16-8-18-60-54-14-6-4-12-49(54)39-64-62(58)60/h1-39H. The van der Waals surface area contributed by atoms with E-state index >= 15 is 0 Å². The van der Waals surface area contributed by atoms with Crippen LogP contribution < -0.4 is 4.90 Å². The number of hydrogen-bond acceptors (Lipinski definition) is 3. The molecule has 0 spiro atoms. The molecule has 0 amide bonds. The Morgan fingerprint density at radius 2 is 0.646 bits per heavy atom. The molecule has 0 fully saturated rings. The number of pyridine rings is 2. The molecule has 0 unspecified atom stereocenters. The largest absolute Gasteiger partial charge is 0.310 e. The van der Waals surface area contributed by atoms with Crippen LogP contribution in [0.2, 0.25) is 0 Å². The predicted molar refractivity (Wildman–Crippen MR) is 276 cm³/mol. The molecule has 0 aliphatic heterocycles. The van der Waals surface area contributed by atoms with Gasteiger partial charge >= 0.3 is 0 Å². The van der Waals surface area contributed by atoms with Gasteiger partial charge in [0.2, 0.25) is 0 Å². The maximum Gasteiger partial charge on any atom is 0.0786 e. The molecule has 3 heteroatoms. The predicted octanol–water partition coefficient (Wildman–Crippen LogP) is 17.0. The van der Waals surface area contributed by atoms with Gasteiger partial charge in [-0.25, -0.2) is 0 Å². The summed E-state index contributed by atoms with van der Waals surface area (Å²) in [5.41, 5.74) is 12.2. The van der Waals surface area contributed by atoms with Gasteiger partial charge in [0.05, 0.1) is 11.0 Å². The van der Waals surface area contributed by atoms with Gasteiger partial charge in [0.25, 0.3) is 0 Å². The second-order valence-electron chi connectivity index (χ2n) is 17.0. The van der Waals surface area contributed by atoms with Crippen LogP contribution in [-0.4, -0.2) is 9.97 Å². The summed E-state index contributed by atoms with van der Waals surface area (Å²) >= 11 is 0. The number of anilines is 3. The first-order valence-electron chi connectivity index (χ1n) is 22.2. The summed E-state index contributed by atoms with van der Waals surface area (Å²) in [6.45, 7) is 0. The van der Waals surface area contributed by atoms with E-state index in [0.29, 0.717) is 0 Å². The molecule has 0 N–H and O–H groups in total. The van der Waals surface area contributed by atoms with Crippen molar-refractivity contribution in [3.8, 4) is 33.4 Å². The normalized spacial score (nSPS) is 11.7. The molecule has 13 aromatic rings. The Morgan fingerprint density at radius 1 is 0.246 bits per heavy atom. The van der Waals surface area contributed by atoms with Gasteiger partial charge < -0.3 is 4.90 Å². The van der Waals surface area contributed by atoms with Gasteiger partial charge in [-0.2, -0.15) is 0 Å². The molecule has 2 aromatic heterocycles. The Morgan fingerprint density at radius 3 is 1.23 bits per heavy atom. The Hall–Kier alpha value is -8.66. The third-order valence-corrected chi connectivity index (χ3v) is 13.3. The van der Waals surface area contributed by atoms with E-state index in [0.717, 1.165) is 71.9 Å². The minimum absolute atomic E-state index is 1.01. The van der Waals surface area contributed by atoms with E-state index in [4.69, 9.17) is 9.97 Å². The fourth-order valence-electron chi connectivity index (χ4n) is 10.0. The molecular formula is C62H39N3. The van der Waals surface area contributed by atoms with Crippen LogP contribution in [0.4, 0.5) is 17.1 Å². The highest BCUT2D eigenvalue weighted by molar-refractivity contribution is 6.12. The summed E-state index contributed by atoms with van der Waals surface area (Å²) in [6.07, 6.45) is 3.98. The number of rotatable bonds is 6. The fraction of sp³-hybridized carbons (Fsp3) is 0. The molecule has 0 bridgehead atoms. The molecule has 0 saturated heterocycles. The topological polar surface area (TPSA) is 29.0 Å². The van der Waals surface area contributed by atoms with Crippen molar-refractivity contribution in [3.05, 3.63) is 237 Å². The van der Waals surface area contributed by atoms with Crippen molar-refractivity contribution in [2.45, 2.75) is 0 Å². The van der Waals surface area contributed by atoms with Crippen molar-refractivity contribution in [2.75, 3.05) is 4.90 Å². The van der Waals surface area contributed by atoms with Crippen molar-refractivity contribution in [1.82, 2.24) is 9.97 Å². The molecule has 0 radical (unpaired) electrons. The molecular weight excluding hydrogens is 787 g/mol. The molecule has 0 saturated carbocycles. The number of fused-ring (bicyclic) bond motifs is 10. The van der Waals surface area contributed by atoms with Crippen molar-refractivity contribution < 1.29 is 0 Å². The van der Waals surface area contributed by atoms with Crippen LogP contribution in [0.3, 0.4) is 0 Å². The van der Waals surface area contributed by atoms with Crippen molar-refractivity contribution in [3.63, 3.8) is 0 Å². The van der Waals surface area contributed by atoms with Crippen LogP contribution in [0.25, 0.3) is 109 Å². The summed E-state index contributed by atoms with van der Waals surface area (Å²) in [6, 6.07) is 81.4. The number of para-hydroxylation sites is 2. The zero-order valence-electron chi connectivity index (χ0n) is 35.4. The fourth-order valence-corrected chi connectivity index (χ4v) is 10.0. The van der Waals surface area contributed by atoms with Crippen molar-refractivity contribution in [2.24, 2.45) is 0 Å². The van der Waals surface area contributed by atoms with Crippen LogP contribution in [0.5, 0.6) is 0 Å². The molecule has 11 aromatic carbocycles. The average molecular weight is 826 g/mol. The summed E-state index contributed by atoms with van der Waals surface area (Å²) in [7, 11) is 0. The zero-order valence-corrected chi connectivity index (χ0v) is 35.4. The number of benzene rings is 11. The molecule has 65 heavy (non-hydrogen) atoms. The van der Waals surface area contributed by atoms with Gasteiger partial charge in [0, 0.05) is 62.1 Å². The summed E-state index contributed by atoms with van der Waals surface area (Å²) in [5.74, 6) is 0. The Bertz CT molecular complexity index is 3840. The van der Waals surface area contributed by atoms with E-state index < -0.39 is 0 Å². The van der Waals surface area contributed by atoms with E-state index in [1.807, 2.05) is 12.4 Å². The van der Waals surface area contributed by atoms with Gasteiger partial charge in [0.1, 0.15) is 0 Å². The third-order valence-electron chi connectivity index (χ3n) is 13.3. The molecule has 302 valence electrons. The summed E-state index contributed by atoms with van der Waals surface area (Å²) in [4.78, 5) is 12.3. The van der Waals surface area contributed by atoms with Crippen LogP contribution in [0, 0.1) is 0 Å². The summed E-state index contributed by atoms with van der Waals surface area (Å²) < 4.78 is 0. The summed E-state index contributed by atoms with van der Waals surface area (Å²) in [5, 5.41) is 14.4. The molecule has 0 aliphatic carbocycles. The quantitative estimate of drug-likeness (QED) is 0.156. The van der Waals surface area contributed by atoms with Crippen LogP contribution in [0.15, 0.2) is 237 Å². The number of nitrogens with zero attached hydrogens (tertiary/aromatic N) is 3. The van der Waals surface area contributed by atoms with E-state index in [2.05, 4.69) is 229 Å². The second kappa shape index (κ2) is 15.0. The number of hydrogen-bond donors (Lipinski definition) is 0. The minimum atomic E-state index is 1.01. The van der Waals surface area contributed by atoms with Crippen molar-refractivity contribution >= 4 is 92.7 Å². The monoisotopic (exact) mass is 825 g/mol. The number of aromatic nitrogens is 2. The van der Waals surface area contributed by atoms with Gasteiger partial charge in [0.15, 0.2) is 0 Å². The Labute approximate surface area is 376 Å². The van der Waals surface area contributed by atoms with Crippen LogP contribution >= 0.6 is 0 Å². The van der Waals surface area contributed by atoms with E-state index in [9.17, 15) is 0 Å². The smallest absolute Gasteiger partial charge is 0.0786 e. The SMILES string of the molecule is c1ccc2cc(-c3ccc4c(ccc5cc(N(c6ccc(-c7cccc8c7ncc7ccccc78)cc6)c6ccc(-c7cccc8c7ncc7ccccc78)cc6)ccc54)c3)ccc2c1. The van der Waals surface area contributed by atoms with Crippen LogP contribution in [0.1, 0.15) is 0 Å². The Kier molecular flexibility index (Phi) is 8.53. The van der Waals surface area contributed by atoms with Gasteiger partial charge in [-0.05, 0) is 114 Å². The van der Waals surface area contributed by atoms with Gasteiger partial charge in [-0.15, -0.1) is 0 Å². The lowest BCUT2D eigenvalue weighted by atomic mass is 9.96. The highest BCUT2D eigenvalue weighted by atomic mass is 15.1. The van der Waals surface area contributed by atoms with Gasteiger partial charge in [-0.3, -0.25) is 9.97 Å². The minimum Gasteiger partial charge on any atom is -0.310 e. The molecule has 2 heterocycles. The first-order chi connectivity index (χ1) is 32.2. The Balaban J connectivity index is 0.911. The second-order valence-corrected chi connectivity index (χ2v) is 17.0. The highest BCUT2D eigenvalue weighted by Gasteiger charge is 2.17. The van der Waals surface area contributed by atoms with E-state index in [-0.39, 0.29) is 0 Å². The molecule has 3 nitrogen and oxygen atoms in total. The van der Waals surface area contributed by atoms with Crippen LogP contribution in [-0.2, 0) is 0 Å². The lowest BCUT2D eigenvalue weighted by molar-refractivity contribution is 1.29. The maximum atomic E-state index is 4.97. The zero-order chi connectivity index (χ0) is 42.8. The maximum absolute atomic E-state index is 4.97. The van der Waals surface area contributed by atoms with Crippen molar-refractivity contribution in [1.29, 1.82) is 0 Å². The highest BCUT2D eigenvalue weighted by Crippen LogP contribution is 2.41.